The molecule has 1 aliphatic carbocycles. The molecule has 0 radical (unpaired) electrons. The van der Waals surface area contributed by atoms with E-state index in [-0.39, 0.29) is 17.5 Å². The first-order chi connectivity index (χ1) is 15.2. The van der Waals surface area contributed by atoms with Gasteiger partial charge in [0.2, 0.25) is 0 Å². The van der Waals surface area contributed by atoms with Crippen LogP contribution < -0.4 is 4.74 Å². The monoisotopic (exact) mass is 548 g/mol. The number of piperazine rings is 1. The SMILES string of the molecule is CC(C)(C)OC(=O)N1CCN(C(=O)c2ccc(I)c(OCc3ccccc3)c2)C2(CC2)C1. The highest BCUT2D eigenvalue weighted by Crippen LogP contribution is 2.45. The average molecular weight is 548 g/mol. The Morgan fingerprint density at radius 2 is 1.78 bits per heavy atom. The van der Waals surface area contributed by atoms with Gasteiger partial charge in [-0.1, -0.05) is 30.3 Å². The molecule has 2 fully saturated rings. The van der Waals surface area contributed by atoms with Crippen molar-refractivity contribution in [3.05, 3.63) is 63.2 Å². The lowest BCUT2D eigenvalue weighted by molar-refractivity contribution is 0.000630. The minimum absolute atomic E-state index is 0.00713. The Kier molecular flexibility index (Phi) is 6.38. The van der Waals surface area contributed by atoms with E-state index >= 15 is 0 Å². The molecule has 0 aromatic heterocycles. The van der Waals surface area contributed by atoms with E-state index in [4.69, 9.17) is 9.47 Å². The first-order valence-electron chi connectivity index (χ1n) is 10.9. The number of hydrogen-bond donors (Lipinski definition) is 0. The van der Waals surface area contributed by atoms with E-state index in [1.807, 2.05) is 74.2 Å². The molecule has 4 rings (SSSR count). The van der Waals surface area contributed by atoms with Crippen molar-refractivity contribution in [2.75, 3.05) is 19.6 Å². The molecule has 2 aromatic rings. The Morgan fingerprint density at radius 3 is 2.44 bits per heavy atom. The zero-order valence-corrected chi connectivity index (χ0v) is 20.9. The highest BCUT2D eigenvalue weighted by Gasteiger charge is 2.54. The number of nitrogens with zero attached hydrogens (tertiary/aromatic N) is 2. The molecule has 32 heavy (non-hydrogen) atoms. The van der Waals surface area contributed by atoms with Gasteiger partial charge >= 0.3 is 6.09 Å². The summed E-state index contributed by atoms with van der Waals surface area (Å²) in [4.78, 5) is 29.6. The predicted octanol–water partition coefficient (Wildman–Crippen LogP) is 5.10. The summed E-state index contributed by atoms with van der Waals surface area (Å²) >= 11 is 2.23. The van der Waals surface area contributed by atoms with Gasteiger partial charge in [0.25, 0.3) is 5.91 Å². The Labute approximate surface area is 203 Å². The fraction of sp³-hybridized carbons (Fsp3) is 0.440. The van der Waals surface area contributed by atoms with Gasteiger partial charge in [0.15, 0.2) is 0 Å². The van der Waals surface area contributed by atoms with Crippen LogP contribution in [0, 0.1) is 3.57 Å². The Balaban J connectivity index is 1.45. The highest BCUT2D eigenvalue weighted by molar-refractivity contribution is 14.1. The number of hydrogen-bond acceptors (Lipinski definition) is 4. The fourth-order valence-electron chi connectivity index (χ4n) is 3.99. The third kappa shape index (κ3) is 5.19. The van der Waals surface area contributed by atoms with Crippen molar-refractivity contribution in [3.8, 4) is 5.75 Å². The van der Waals surface area contributed by atoms with Crippen LogP contribution in [0.5, 0.6) is 5.75 Å². The van der Waals surface area contributed by atoms with Gasteiger partial charge in [0.1, 0.15) is 18.0 Å². The van der Waals surface area contributed by atoms with Gasteiger partial charge in [-0.05, 0) is 80.0 Å². The standard InChI is InChI=1S/C25H29IN2O4/c1-24(2,3)32-23(30)27-13-14-28(25(17-27)11-12-25)22(29)19-9-10-20(26)21(15-19)31-16-18-7-5-4-6-8-18/h4-10,15H,11-14,16-17H2,1-3H3. The van der Waals surface area contributed by atoms with E-state index in [0.29, 0.717) is 37.6 Å². The van der Waals surface area contributed by atoms with Gasteiger partial charge in [0, 0.05) is 25.2 Å². The number of benzene rings is 2. The number of carbonyl (C=O) groups is 2. The fourth-order valence-corrected chi connectivity index (χ4v) is 4.48. The summed E-state index contributed by atoms with van der Waals surface area (Å²) in [5, 5.41) is 0. The van der Waals surface area contributed by atoms with E-state index in [1.165, 1.54) is 0 Å². The second-order valence-corrected chi connectivity index (χ2v) is 10.7. The molecule has 2 aliphatic rings. The predicted molar refractivity (Wildman–Crippen MR) is 131 cm³/mol. The van der Waals surface area contributed by atoms with Crippen molar-refractivity contribution < 1.29 is 19.1 Å². The summed E-state index contributed by atoms with van der Waals surface area (Å²) in [7, 11) is 0. The largest absolute Gasteiger partial charge is 0.488 e. The third-order valence-electron chi connectivity index (χ3n) is 5.79. The summed E-state index contributed by atoms with van der Waals surface area (Å²) in [6, 6.07) is 15.6. The molecule has 0 bridgehead atoms. The van der Waals surface area contributed by atoms with E-state index in [2.05, 4.69) is 22.6 Å². The van der Waals surface area contributed by atoms with Crippen LogP contribution in [-0.4, -0.2) is 52.6 Å². The number of ether oxygens (including phenoxy) is 2. The van der Waals surface area contributed by atoms with Gasteiger partial charge < -0.3 is 19.3 Å². The van der Waals surface area contributed by atoms with Crippen LogP contribution in [0.2, 0.25) is 0 Å². The molecule has 1 saturated carbocycles. The van der Waals surface area contributed by atoms with Crippen LogP contribution in [0.1, 0.15) is 49.5 Å². The smallest absolute Gasteiger partial charge is 0.410 e. The molecule has 1 saturated heterocycles. The van der Waals surface area contributed by atoms with Gasteiger partial charge in [-0.15, -0.1) is 0 Å². The van der Waals surface area contributed by atoms with Crippen molar-refractivity contribution in [2.24, 2.45) is 0 Å². The quantitative estimate of drug-likeness (QED) is 0.500. The summed E-state index contributed by atoms with van der Waals surface area (Å²) < 4.78 is 12.5. The summed E-state index contributed by atoms with van der Waals surface area (Å²) in [6.45, 7) is 7.56. The summed E-state index contributed by atoms with van der Waals surface area (Å²) in [5.41, 5.74) is 0.888. The molecular weight excluding hydrogens is 519 g/mol. The van der Waals surface area contributed by atoms with Crippen molar-refractivity contribution in [3.63, 3.8) is 0 Å². The highest BCUT2D eigenvalue weighted by atomic mass is 127. The molecular formula is C25H29IN2O4. The van der Waals surface area contributed by atoms with E-state index in [1.54, 1.807) is 4.90 Å². The van der Waals surface area contributed by atoms with Crippen LogP contribution >= 0.6 is 22.6 Å². The number of carbonyl (C=O) groups excluding carboxylic acids is 2. The topological polar surface area (TPSA) is 59.1 Å². The van der Waals surface area contributed by atoms with Gasteiger partial charge in [-0.25, -0.2) is 4.79 Å². The van der Waals surface area contributed by atoms with Crippen molar-refractivity contribution in [1.29, 1.82) is 0 Å². The summed E-state index contributed by atoms with van der Waals surface area (Å²) in [5.74, 6) is 0.699. The second kappa shape index (κ2) is 8.92. The minimum atomic E-state index is -0.530. The Bertz CT molecular complexity index is 999. The van der Waals surface area contributed by atoms with Crippen molar-refractivity contribution in [1.82, 2.24) is 9.80 Å². The van der Waals surface area contributed by atoms with Crippen LogP contribution in [0.4, 0.5) is 4.79 Å². The van der Waals surface area contributed by atoms with Gasteiger partial charge in [0.05, 0.1) is 9.11 Å². The molecule has 7 heteroatoms. The molecule has 0 atom stereocenters. The van der Waals surface area contributed by atoms with E-state index < -0.39 is 5.60 Å². The molecule has 2 aromatic carbocycles. The van der Waals surface area contributed by atoms with Crippen molar-refractivity contribution in [2.45, 2.75) is 51.4 Å². The number of halogens is 1. The molecule has 1 spiro atoms. The lowest BCUT2D eigenvalue weighted by Crippen LogP contribution is -2.58. The zero-order chi connectivity index (χ0) is 22.9. The molecule has 1 heterocycles. The molecule has 2 amide bonds. The van der Waals surface area contributed by atoms with Crippen LogP contribution in [0.3, 0.4) is 0 Å². The van der Waals surface area contributed by atoms with E-state index in [9.17, 15) is 9.59 Å². The van der Waals surface area contributed by atoms with Crippen molar-refractivity contribution >= 4 is 34.6 Å². The maximum Gasteiger partial charge on any atom is 0.410 e. The molecule has 1 aliphatic heterocycles. The van der Waals surface area contributed by atoms with Crippen LogP contribution in [0.15, 0.2) is 48.5 Å². The van der Waals surface area contributed by atoms with Gasteiger partial charge in [-0.3, -0.25) is 4.79 Å². The normalized spacial score (nSPS) is 17.2. The van der Waals surface area contributed by atoms with Gasteiger partial charge in [-0.2, -0.15) is 0 Å². The second-order valence-electron chi connectivity index (χ2n) is 9.50. The molecule has 6 nitrogen and oxygen atoms in total. The minimum Gasteiger partial charge on any atom is -0.488 e. The average Bonchev–Trinajstić information content (AvgIpc) is 3.51. The first-order valence-corrected chi connectivity index (χ1v) is 12.0. The lowest BCUT2D eigenvalue weighted by Gasteiger charge is -2.42. The maximum absolute atomic E-state index is 13.4. The number of rotatable bonds is 4. The molecule has 0 N–H and O–H groups in total. The Hall–Kier alpha value is -2.29. The zero-order valence-electron chi connectivity index (χ0n) is 18.8. The first kappa shape index (κ1) is 22.9. The Morgan fingerprint density at radius 1 is 1.06 bits per heavy atom. The number of amides is 2. The van der Waals surface area contributed by atoms with E-state index in [0.717, 1.165) is 22.0 Å². The maximum atomic E-state index is 13.4. The molecule has 170 valence electrons. The molecule has 0 unspecified atom stereocenters. The van der Waals surface area contributed by atoms with Crippen LogP contribution in [-0.2, 0) is 11.3 Å². The summed E-state index contributed by atoms with van der Waals surface area (Å²) in [6.07, 6.45) is 1.50. The third-order valence-corrected chi connectivity index (χ3v) is 6.68. The van der Waals surface area contributed by atoms with Crippen LogP contribution in [0.25, 0.3) is 0 Å². The lowest BCUT2D eigenvalue weighted by atomic mass is 10.1.